The molecule has 15 heteroatoms. The van der Waals surface area contributed by atoms with Crippen LogP contribution in [0.1, 0.15) is 70.4 Å². The van der Waals surface area contributed by atoms with Crippen LogP contribution in [0, 0.1) is 11.3 Å². The number of fused-ring (bicyclic) bond motifs is 1. The van der Waals surface area contributed by atoms with E-state index in [4.69, 9.17) is 14.2 Å². The Morgan fingerprint density at radius 2 is 1.80 bits per heavy atom. The molecule has 14 nitrogen and oxygen atoms in total. The number of nitrogens with zero attached hydrogens (tertiary/aromatic N) is 3. The molecule has 2 heterocycles. The Kier molecular flexibility index (Phi) is 11.5. The standard InChI is InChI=1S/C36H54N5O9P/c1-8-25-19-36(25,51(7,46)47)38-31(42)29-18-28(22-41(29)32(43)30(35(2,3)4)37-33(44)49-26-11-9-10-12-26)50-34(45)40-20-23-13-14-27(17-24(23)21-40)48-16-15-39(5)6/h8,13-14,17,25-26,28-30H,1,9-12,15-16,18-22H2,2-7H3,(H,37,44)(H,38,42)(H,46,47)/t25-,28-,29?,30-,36+/m1/s1. The lowest BCUT2D eigenvalue weighted by Gasteiger charge is -2.35. The van der Waals surface area contributed by atoms with Crippen molar-refractivity contribution in [3.8, 4) is 5.75 Å². The quantitative estimate of drug-likeness (QED) is 0.211. The number of hydrogen-bond donors (Lipinski definition) is 3. The molecule has 0 aromatic heterocycles. The Balaban J connectivity index is 1.31. The molecule has 1 aromatic carbocycles. The van der Waals surface area contributed by atoms with E-state index < -0.39 is 66.2 Å². The Morgan fingerprint density at radius 1 is 1.12 bits per heavy atom. The van der Waals surface area contributed by atoms with Crippen molar-refractivity contribution in [3.63, 3.8) is 0 Å². The van der Waals surface area contributed by atoms with Gasteiger partial charge in [0.15, 0.2) is 0 Å². The highest BCUT2D eigenvalue weighted by Gasteiger charge is 2.64. The summed E-state index contributed by atoms with van der Waals surface area (Å²) in [5, 5.41) is 4.13. The number of likely N-dealkylation sites (tertiary alicyclic amines) is 1. The van der Waals surface area contributed by atoms with Crippen molar-refractivity contribution in [2.24, 2.45) is 11.3 Å². The lowest BCUT2D eigenvalue weighted by atomic mass is 9.85. The minimum Gasteiger partial charge on any atom is -0.492 e. The second kappa shape index (κ2) is 15.2. The number of carbonyl (C=O) groups is 4. The largest absolute Gasteiger partial charge is 0.492 e. The van der Waals surface area contributed by atoms with E-state index >= 15 is 0 Å². The summed E-state index contributed by atoms with van der Waals surface area (Å²) in [5.41, 5.74) is 1.13. The predicted octanol–water partition coefficient (Wildman–Crippen LogP) is 4.05. The number of benzene rings is 1. The summed E-state index contributed by atoms with van der Waals surface area (Å²) >= 11 is 0. The van der Waals surface area contributed by atoms with Gasteiger partial charge in [-0.3, -0.25) is 19.1 Å². The van der Waals surface area contributed by atoms with Crippen molar-refractivity contribution in [1.29, 1.82) is 0 Å². The van der Waals surface area contributed by atoms with E-state index in [0.29, 0.717) is 25.4 Å². The van der Waals surface area contributed by atoms with Gasteiger partial charge in [0.1, 0.15) is 41.9 Å². The van der Waals surface area contributed by atoms with Gasteiger partial charge in [-0.05, 0) is 74.9 Å². The highest BCUT2D eigenvalue weighted by atomic mass is 31.2. The van der Waals surface area contributed by atoms with Crippen molar-refractivity contribution in [2.45, 2.75) is 102 Å². The zero-order valence-corrected chi connectivity index (χ0v) is 31.6. The summed E-state index contributed by atoms with van der Waals surface area (Å²) in [7, 11) is 0.114. The molecule has 282 valence electrons. The average Bonchev–Trinajstić information content (AvgIpc) is 3.42. The molecule has 4 amide bonds. The second-order valence-electron chi connectivity index (χ2n) is 15.8. The number of hydrogen-bond acceptors (Lipinski definition) is 9. The Hall–Kier alpha value is -3.61. The fraction of sp³-hybridized carbons (Fsp3) is 0.667. The van der Waals surface area contributed by atoms with E-state index in [1.165, 1.54) is 17.6 Å². The lowest BCUT2D eigenvalue weighted by Crippen LogP contribution is -2.58. The summed E-state index contributed by atoms with van der Waals surface area (Å²) in [6.07, 6.45) is 2.81. The molecular weight excluding hydrogens is 677 g/mol. The van der Waals surface area contributed by atoms with E-state index in [9.17, 15) is 28.6 Å². The molecule has 2 aliphatic heterocycles. The fourth-order valence-electron chi connectivity index (χ4n) is 7.23. The number of ether oxygens (including phenoxy) is 3. The number of nitrogens with one attached hydrogen (secondary N) is 2. The van der Waals surface area contributed by atoms with E-state index in [1.807, 2.05) is 37.2 Å². The van der Waals surface area contributed by atoms with E-state index in [0.717, 1.165) is 43.4 Å². The molecule has 0 spiro atoms. The van der Waals surface area contributed by atoms with Gasteiger partial charge in [0.25, 0.3) is 0 Å². The Bertz CT molecular complexity index is 1550. The Labute approximate surface area is 300 Å². The molecule has 0 radical (unpaired) electrons. The van der Waals surface area contributed by atoms with Crippen LogP contribution >= 0.6 is 7.37 Å². The fourth-order valence-corrected chi connectivity index (χ4v) is 8.80. The first-order valence-corrected chi connectivity index (χ1v) is 19.9. The molecule has 6 atom stereocenters. The number of alkyl carbamates (subject to hydrolysis) is 1. The van der Waals surface area contributed by atoms with Gasteiger partial charge in [0, 0.05) is 38.6 Å². The van der Waals surface area contributed by atoms with Gasteiger partial charge in [-0.1, -0.05) is 32.9 Å². The van der Waals surface area contributed by atoms with Gasteiger partial charge in [0.2, 0.25) is 19.2 Å². The van der Waals surface area contributed by atoms with Gasteiger partial charge in [-0.15, -0.1) is 6.58 Å². The van der Waals surface area contributed by atoms with Crippen molar-refractivity contribution in [1.82, 2.24) is 25.3 Å². The summed E-state index contributed by atoms with van der Waals surface area (Å²) < 4.78 is 30.4. The maximum absolute atomic E-state index is 14.3. The minimum absolute atomic E-state index is 0.0361. The van der Waals surface area contributed by atoms with E-state index in [-0.39, 0.29) is 25.5 Å². The number of amides is 4. The Morgan fingerprint density at radius 3 is 2.41 bits per heavy atom. The molecule has 1 saturated heterocycles. The van der Waals surface area contributed by atoms with Gasteiger partial charge in [-0.2, -0.15) is 0 Å². The third-order valence-electron chi connectivity index (χ3n) is 10.4. The van der Waals surface area contributed by atoms with Crippen LogP contribution in [0.5, 0.6) is 5.75 Å². The number of rotatable bonds is 12. The maximum Gasteiger partial charge on any atom is 0.410 e. The molecule has 0 bridgehead atoms. The van der Waals surface area contributed by atoms with Crippen molar-refractivity contribution in [3.05, 3.63) is 42.0 Å². The molecule has 3 N–H and O–H groups in total. The van der Waals surface area contributed by atoms with Crippen LogP contribution in [0.3, 0.4) is 0 Å². The van der Waals surface area contributed by atoms with Gasteiger partial charge < -0.3 is 39.5 Å². The predicted molar refractivity (Wildman–Crippen MR) is 190 cm³/mol. The molecule has 4 aliphatic rings. The van der Waals surface area contributed by atoms with Gasteiger partial charge >= 0.3 is 12.2 Å². The van der Waals surface area contributed by atoms with E-state index in [1.54, 1.807) is 25.7 Å². The molecule has 2 aliphatic carbocycles. The third-order valence-corrected chi connectivity index (χ3v) is 12.5. The molecule has 5 rings (SSSR count). The van der Waals surface area contributed by atoms with Crippen LogP contribution in [-0.4, -0.2) is 114 Å². The van der Waals surface area contributed by atoms with Crippen molar-refractivity contribution < 1.29 is 42.8 Å². The van der Waals surface area contributed by atoms with Crippen molar-refractivity contribution >= 4 is 31.4 Å². The molecular formula is C36H54N5O9P. The third kappa shape index (κ3) is 8.89. The van der Waals surface area contributed by atoms with Crippen LogP contribution in [0.15, 0.2) is 30.9 Å². The maximum atomic E-state index is 14.3. The summed E-state index contributed by atoms with van der Waals surface area (Å²) in [5.74, 6) is -0.885. The molecule has 3 fully saturated rings. The zero-order chi connectivity index (χ0) is 37.3. The van der Waals surface area contributed by atoms with Gasteiger partial charge in [-0.25, -0.2) is 9.59 Å². The zero-order valence-electron chi connectivity index (χ0n) is 30.7. The van der Waals surface area contributed by atoms with Gasteiger partial charge in [0.05, 0.1) is 6.54 Å². The molecule has 51 heavy (non-hydrogen) atoms. The number of carbonyl (C=O) groups excluding carboxylic acids is 4. The van der Waals surface area contributed by atoms with E-state index in [2.05, 4.69) is 17.2 Å². The smallest absolute Gasteiger partial charge is 0.410 e. The first kappa shape index (κ1) is 38.6. The minimum atomic E-state index is -3.83. The van der Waals surface area contributed by atoms with Crippen LogP contribution in [0.2, 0.25) is 0 Å². The highest BCUT2D eigenvalue weighted by Crippen LogP contribution is 2.67. The molecule has 1 aromatic rings. The van der Waals surface area contributed by atoms with Crippen LogP contribution in [0.25, 0.3) is 0 Å². The first-order valence-electron chi connectivity index (χ1n) is 17.8. The molecule has 2 saturated carbocycles. The first-order chi connectivity index (χ1) is 23.9. The average molecular weight is 732 g/mol. The topological polar surface area (TPSA) is 167 Å². The lowest BCUT2D eigenvalue weighted by molar-refractivity contribution is -0.142. The normalized spacial score (nSPS) is 26.2. The summed E-state index contributed by atoms with van der Waals surface area (Å²) in [4.78, 5) is 70.3. The number of likely N-dealkylation sites (N-methyl/N-ethyl adjacent to an activating group) is 1. The van der Waals surface area contributed by atoms with Crippen molar-refractivity contribution in [2.75, 3.05) is 40.5 Å². The molecule has 2 unspecified atom stereocenters. The SMILES string of the molecule is C=C[C@@H]1C[C@]1(NC(=O)C1C[C@@H](OC(=O)N2Cc3ccc(OCCN(C)C)cc3C2)CN1C(=O)[C@@H](NC(=O)OC1CCCC1)C(C)(C)C)P(C)(=O)O. The second-order valence-corrected chi connectivity index (χ2v) is 18.3. The van der Waals surface area contributed by atoms with Crippen LogP contribution in [0.4, 0.5) is 9.59 Å². The monoisotopic (exact) mass is 731 g/mol. The summed E-state index contributed by atoms with van der Waals surface area (Å²) in [6.45, 7) is 12.2. The highest BCUT2D eigenvalue weighted by molar-refractivity contribution is 7.59. The van der Waals surface area contributed by atoms with Crippen LogP contribution < -0.4 is 15.4 Å². The summed E-state index contributed by atoms with van der Waals surface area (Å²) in [6, 6.07) is 3.51. The van der Waals surface area contributed by atoms with Crippen LogP contribution in [-0.2, 0) is 36.7 Å².